The lowest BCUT2D eigenvalue weighted by Crippen LogP contribution is -2.33. The zero-order chi connectivity index (χ0) is 15.2. The number of fused-ring (bicyclic) bond motifs is 1. The Labute approximate surface area is 123 Å². The van der Waals surface area contributed by atoms with E-state index in [-0.39, 0.29) is 29.7 Å². The van der Waals surface area contributed by atoms with Crippen LogP contribution in [0, 0.1) is 18.8 Å². The lowest BCUT2D eigenvalue weighted by molar-refractivity contribution is -0.120. The summed E-state index contributed by atoms with van der Waals surface area (Å²) in [6, 6.07) is 6.64. The first-order chi connectivity index (χ1) is 9.89. The molecule has 0 aromatic heterocycles. The summed E-state index contributed by atoms with van der Waals surface area (Å²) in [5.74, 6) is -0.889. The van der Waals surface area contributed by atoms with Crippen molar-refractivity contribution < 1.29 is 18.3 Å². The maximum Gasteiger partial charge on any atom is 0.243 e. The summed E-state index contributed by atoms with van der Waals surface area (Å²) < 4.78 is 26.5. The fraction of sp³-hybridized carbons (Fsp3) is 0.400. The molecular formula is C15H17NO4S. The van der Waals surface area contributed by atoms with Crippen LogP contribution in [0.15, 0.2) is 41.3 Å². The first-order valence-corrected chi connectivity index (χ1v) is 8.30. The molecule has 2 aliphatic rings. The highest BCUT2D eigenvalue weighted by Gasteiger charge is 2.45. The van der Waals surface area contributed by atoms with Gasteiger partial charge in [0.15, 0.2) is 5.78 Å². The standard InChI is InChI=1S/C15H17NO4S/c1-10-2-4-11(5-3-10)21(19,20)16-8-12-13(9-16)15(18)7-6-14(12)17/h2-7,12-14,17H,8-9H2,1H3/t12-,13+,14-/m1/s1. The highest BCUT2D eigenvalue weighted by atomic mass is 32.2. The zero-order valence-corrected chi connectivity index (χ0v) is 12.5. The number of benzene rings is 1. The third-order valence-electron chi connectivity index (χ3n) is 4.25. The number of aryl methyl sites for hydroxylation is 1. The van der Waals surface area contributed by atoms with Gasteiger partial charge in [0.2, 0.25) is 10.0 Å². The molecule has 6 heteroatoms. The summed E-state index contributed by atoms with van der Waals surface area (Å²) in [5.41, 5.74) is 0.985. The van der Waals surface area contributed by atoms with Crippen LogP contribution >= 0.6 is 0 Å². The monoisotopic (exact) mass is 307 g/mol. The largest absolute Gasteiger partial charge is 0.389 e. The average molecular weight is 307 g/mol. The van der Waals surface area contributed by atoms with E-state index in [1.165, 1.54) is 16.5 Å². The molecule has 1 heterocycles. The Balaban J connectivity index is 1.89. The number of rotatable bonds is 2. The van der Waals surface area contributed by atoms with Crippen molar-refractivity contribution in [2.24, 2.45) is 11.8 Å². The van der Waals surface area contributed by atoms with Gasteiger partial charge in [-0.2, -0.15) is 4.31 Å². The Morgan fingerprint density at radius 1 is 1.19 bits per heavy atom. The van der Waals surface area contributed by atoms with Crippen LogP contribution in [0.25, 0.3) is 0 Å². The molecule has 1 saturated heterocycles. The molecule has 5 nitrogen and oxygen atoms in total. The Morgan fingerprint density at radius 2 is 1.86 bits per heavy atom. The molecule has 0 saturated carbocycles. The van der Waals surface area contributed by atoms with Gasteiger partial charge in [-0.1, -0.05) is 23.8 Å². The van der Waals surface area contributed by atoms with E-state index in [4.69, 9.17) is 0 Å². The van der Waals surface area contributed by atoms with Crippen molar-refractivity contribution in [2.75, 3.05) is 13.1 Å². The van der Waals surface area contributed by atoms with Crippen LogP contribution in [0.3, 0.4) is 0 Å². The molecule has 1 N–H and O–H groups in total. The van der Waals surface area contributed by atoms with E-state index in [2.05, 4.69) is 0 Å². The van der Waals surface area contributed by atoms with Crippen LogP contribution in [-0.4, -0.2) is 42.8 Å². The van der Waals surface area contributed by atoms with Gasteiger partial charge in [-0.15, -0.1) is 0 Å². The number of aliphatic hydroxyl groups is 1. The Bertz CT molecular complexity index is 693. The van der Waals surface area contributed by atoms with E-state index < -0.39 is 22.0 Å². The van der Waals surface area contributed by atoms with Gasteiger partial charge in [0.1, 0.15) is 0 Å². The van der Waals surface area contributed by atoms with Crippen LogP contribution in [0.2, 0.25) is 0 Å². The molecule has 0 spiro atoms. The average Bonchev–Trinajstić information content (AvgIpc) is 2.91. The first-order valence-electron chi connectivity index (χ1n) is 6.86. The van der Waals surface area contributed by atoms with Crippen molar-refractivity contribution in [3.05, 3.63) is 42.0 Å². The van der Waals surface area contributed by atoms with Crippen molar-refractivity contribution in [1.29, 1.82) is 0 Å². The van der Waals surface area contributed by atoms with Crippen LogP contribution in [-0.2, 0) is 14.8 Å². The predicted octanol–water partition coefficient (Wildman–Crippen LogP) is 0.732. The number of carbonyl (C=O) groups is 1. The molecule has 1 aromatic carbocycles. The van der Waals surface area contributed by atoms with Crippen molar-refractivity contribution in [3.63, 3.8) is 0 Å². The quantitative estimate of drug-likeness (QED) is 0.874. The van der Waals surface area contributed by atoms with Gasteiger partial charge in [0.25, 0.3) is 0 Å². The fourth-order valence-electron chi connectivity index (χ4n) is 2.95. The molecule has 1 aliphatic heterocycles. The molecule has 1 fully saturated rings. The molecule has 0 radical (unpaired) electrons. The minimum absolute atomic E-state index is 0.105. The summed E-state index contributed by atoms with van der Waals surface area (Å²) in [7, 11) is -3.62. The number of hydrogen-bond acceptors (Lipinski definition) is 4. The summed E-state index contributed by atoms with van der Waals surface area (Å²) in [5, 5.41) is 9.93. The van der Waals surface area contributed by atoms with Gasteiger partial charge < -0.3 is 5.11 Å². The van der Waals surface area contributed by atoms with E-state index in [0.717, 1.165) is 5.56 Å². The summed E-state index contributed by atoms with van der Waals surface area (Å²) in [6.07, 6.45) is 2.05. The van der Waals surface area contributed by atoms with E-state index in [1.54, 1.807) is 24.3 Å². The zero-order valence-electron chi connectivity index (χ0n) is 11.6. The van der Waals surface area contributed by atoms with Crippen LogP contribution in [0.1, 0.15) is 5.56 Å². The Kier molecular flexibility index (Phi) is 3.47. The molecule has 0 unspecified atom stereocenters. The SMILES string of the molecule is Cc1ccc(S(=O)(=O)N2C[C@H]3[C@H](O)C=CC(=O)[C@H]3C2)cc1. The summed E-state index contributed by atoms with van der Waals surface area (Å²) >= 11 is 0. The number of aliphatic hydroxyl groups excluding tert-OH is 1. The van der Waals surface area contributed by atoms with E-state index in [9.17, 15) is 18.3 Å². The molecule has 0 bridgehead atoms. The van der Waals surface area contributed by atoms with Gasteiger partial charge in [-0.3, -0.25) is 4.79 Å². The highest BCUT2D eigenvalue weighted by Crippen LogP contribution is 2.34. The third kappa shape index (κ3) is 2.43. The number of ketones is 1. The smallest absolute Gasteiger partial charge is 0.243 e. The lowest BCUT2D eigenvalue weighted by Gasteiger charge is -2.23. The van der Waals surface area contributed by atoms with Crippen LogP contribution in [0.4, 0.5) is 0 Å². The first kappa shape index (κ1) is 14.4. The van der Waals surface area contributed by atoms with Crippen molar-refractivity contribution in [1.82, 2.24) is 4.31 Å². The van der Waals surface area contributed by atoms with E-state index >= 15 is 0 Å². The number of sulfonamides is 1. The molecule has 1 aliphatic carbocycles. The molecule has 112 valence electrons. The molecule has 3 rings (SSSR count). The van der Waals surface area contributed by atoms with Gasteiger partial charge in [0, 0.05) is 24.9 Å². The maximum absolute atomic E-state index is 12.6. The molecule has 21 heavy (non-hydrogen) atoms. The molecular weight excluding hydrogens is 290 g/mol. The third-order valence-corrected chi connectivity index (χ3v) is 6.10. The Morgan fingerprint density at radius 3 is 2.48 bits per heavy atom. The minimum Gasteiger partial charge on any atom is -0.389 e. The fourth-order valence-corrected chi connectivity index (χ4v) is 4.46. The summed E-state index contributed by atoms with van der Waals surface area (Å²) in [6.45, 7) is 2.21. The van der Waals surface area contributed by atoms with Crippen LogP contribution < -0.4 is 0 Å². The highest BCUT2D eigenvalue weighted by molar-refractivity contribution is 7.89. The van der Waals surface area contributed by atoms with Crippen molar-refractivity contribution in [3.8, 4) is 0 Å². The van der Waals surface area contributed by atoms with Crippen LogP contribution in [0.5, 0.6) is 0 Å². The lowest BCUT2D eigenvalue weighted by atomic mass is 9.83. The number of allylic oxidation sites excluding steroid dienone is 1. The maximum atomic E-state index is 12.6. The second kappa shape index (κ2) is 5.05. The minimum atomic E-state index is -3.62. The van der Waals surface area contributed by atoms with Gasteiger partial charge >= 0.3 is 0 Å². The van der Waals surface area contributed by atoms with E-state index in [0.29, 0.717) is 0 Å². The second-order valence-electron chi connectivity index (χ2n) is 5.66. The van der Waals surface area contributed by atoms with Gasteiger partial charge in [0.05, 0.1) is 11.0 Å². The predicted molar refractivity (Wildman–Crippen MR) is 77.1 cm³/mol. The van der Waals surface area contributed by atoms with Gasteiger partial charge in [-0.05, 0) is 25.1 Å². The van der Waals surface area contributed by atoms with E-state index in [1.807, 2.05) is 6.92 Å². The molecule has 1 aromatic rings. The van der Waals surface area contributed by atoms with Gasteiger partial charge in [-0.25, -0.2) is 8.42 Å². The van der Waals surface area contributed by atoms with Crippen molar-refractivity contribution >= 4 is 15.8 Å². The second-order valence-corrected chi connectivity index (χ2v) is 7.60. The summed E-state index contributed by atoms with van der Waals surface area (Å²) in [4.78, 5) is 12.1. The molecule has 3 atom stereocenters. The molecule has 0 amide bonds. The Hall–Kier alpha value is -1.50. The number of nitrogens with zero attached hydrogens (tertiary/aromatic N) is 1. The normalized spacial score (nSPS) is 29.6. The number of hydrogen-bond donors (Lipinski definition) is 1. The van der Waals surface area contributed by atoms with Crippen molar-refractivity contribution in [2.45, 2.75) is 17.9 Å². The number of carbonyl (C=O) groups excluding carboxylic acids is 1. The topological polar surface area (TPSA) is 74.7 Å².